The summed E-state index contributed by atoms with van der Waals surface area (Å²) >= 11 is 0. The monoisotopic (exact) mass is 276 g/mol. The lowest BCUT2D eigenvalue weighted by atomic mass is 10.2. The normalized spacial score (nSPS) is 11.2. The largest absolute Gasteiger partial charge is 0.465 e. The summed E-state index contributed by atoms with van der Waals surface area (Å²) in [6.07, 6.45) is 0. The van der Waals surface area contributed by atoms with Crippen molar-refractivity contribution in [1.82, 2.24) is 10.2 Å². The minimum absolute atomic E-state index is 0.199. The average molecular weight is 276 g/mol. The molecule has 0 saturated carbocycles. The van der Waals surface area contributed by atoms with Crippen molar-refractivity contribution in [2.24, 2.45) is 0 Å². The zero-order valence-corrected chi connectivity index (χ0v) is 12.2. The maximum Gasteiger partial charge on any atom is 0.123 e. The summed E-state index contributed by atoms with van der Waals surface area (Å²) in [5.74, 6) is 1.72. The number of nitrogens with zero attached hydrogens (tertiary/aromatic N) is 1. The van der Waals surface area contributed by atoms with Crippen molar-refractivity contribution in [2.45, 2.75) is 26.6 Å². The smallest absolute Gasteiger partial charge is 0.123 e. The van der Waals surface area contributed by atoms with Gasteiger partial charge in [0, 0.05) is 18.7 Å². The lowest BCUT2D eigenvalue weighted by Gasteiger charge is -2.15. The second-order valence-electron chi connectivity index (χ2n) is 5.12. The molecule has 2 aromatic rings. The number of halogens is 1. The van der Waals surface area contributed by atoms with Crippen LogP contribution in [0.1, 0.15) is 22.6 Å². The first-order valence-electron chi connectivity index (χ1n) is 6.74. The van der Waals surface area contributed by atoms with Crippen molar-refractivity contribution >= 4 is 0 Å². The highest BCUT2D eigenvalue weighted by Gasteiger charge is 2.09. The van der Waals surface area contributed by atoms with E-state index >= 15 is 0 Å². The van der Waals surface area contributed by atoms with Crippen LogP contribution in [0, 0.1) is 12.7 Å². The van der Waals surface area contributed by atoms with Crippen LogP contribution in [-0.4, -0.2) is 19.0 Å². The molecule has 4 heteroatoms. The predicted octanol–water partition coefficient (Wildman–Crippen LogP) is 3.08. The van der Waals surface area contributed by atoms with Gasteiger partial charge < -0.3 is 9.73 Å². The van der Waals surface area contributed by atoms with Crippen molar-refractivity contribution in [3.63, 3.8) is 0 Å². The molecule has 0 aliphatic carbocycles. The van der Waals surface area contributed by atoms with Crippen molar-refractivity contribution in [1.29, 1.82) is 0 Å². The van der Waals surface area contributed by atoms with E-state index in [-0.39, 0.29) is 5.82 Å². The highest BCUT2D eigenvalue weighted by atomic mass is 19.1. The molecule has 0 fully saturated rings. The molecule has 108 valence electrons. The van der Waals surface area contributed by atoms with Gasteiger partial charge in [-0.2, -0.15) is 0 Å². The number of nitrogens with one attached hydrogen (secondary N) is 1. The van der Waals surface area contributed by atoms with E-state index in [4.69, 9.17) is 4.42 Å². The Hall–Kier alpha value is -1.65. The van der Waals surface area contributed by atoms with Crippen LogP contribution in [0.15, 0.2) is 34.7 Å². The first-order chi connectivity index (χ1) is 9.58. The second kappa shape index (κ2) is 6.68. The highest BCUT2D eigenvalue weighted by molar-refractivity contribution is 5.21. The van der Waals surface area contributed by atoms with E-state index in [0.717, 1.165) is 36.7 Å². The van der Waals surface area contributed by atoms with Gasteiger partial charge in [-0.15, -0.1) is 0 Å². The van der Waals surface area contributed by atoms with Gasteiger partial charge >= 0.3 is 0 Å². The molecule has 0 radical (unpaired) electrons. The Morgan fingerprint density at radius 2 is 1.90 bits per heavy atom. The zero-order chi connectivity index (χ0) is 14.5. The third-order valence-electron chi connectivity index (χ3n) is 3.23. The fourth-order valence-corrected chi connectivity index (χ4v) is 2.25. The summed E-state index contributed by atoms with van der Waals surface area (Å²) in [5, 5.41) is 3.13. The fourth-order valence-electron chi connectivity index (χ4n) is 2.25. The van der Waals surface area contributed by atoms with Gasteiger partial charge in [-0.25, -0.2) is 4.39 Å². The van der Waals surface area contributed by atoms with Crippen LogP contribution >= 0.6 is 0 Å². The lowest BCUT2D eigenvalue weighted by molar-refractivity contribution is 0.285. The molecule has 0 aliphatic heterocycles. The maximum absolute atomic E-state index is 12.9. The third-order valence-corrected chi connectivity index (χ3v) is 3.23. The number of hydrogen-bond donors (Lipinski definition) is 1. The Balaban J connectivity index is 1.95. The molecule has 0 bridgehead atoms. The summed E-state index contributed by atoms with van der Waals surface area (Å²) < 4.78 is 18.6. The molecule has 1 heterocycles. The van der Waals surface area contributed by atoms with Gasteiger partial charge in [-0.1, -0.05) is 12.1 Å². The van der Waals surface area contributed by atoms with E-state index in [2.05, 4.69) is 16.3 Å². The number of aryl methyl sites for hydroxylation is 1. The van der Waals surface area contributed by atoms with Crippen LogP contribution in [0.4, 0.5) is 4.39 Å². The molecule has 0 amide bonds. The predicted molar refractivity (Wildman–Crippen MR) is 77.8 cm³/mol. The van der Waals surface area contributed by atoms with Crippen molar-refractivity contribution in [2.75, 3.05) is 14.1 Å². The van der Waals surface area contributed by atoms with Crippen LogP contribution in [-0.2, 0) is 19.6 Å². The van der Waals surface area contributed by atoms with Crippen LogP contribution in [0.25, 0.3) is 0 Å². The average Bonchev–Trinajstić information content (AvgIpc) is 2.73. The molecule has 0 atom stereocenters. The summed E-state index contributed by atoms with van der Waals surface area (Å²) in [7, 11) is 3.95. The Morgan fingerprint density at radius 1 is 1.20 bits per heavy atom. The molecule has 2 rings (SSSR count). The van der Waals surface area contributed by atoms with E-state index in [1.165, 1.54) is 17.7 Å². The quantitative estimate of drug-likeness (QED) is 0.879. The molecule has 1 N–H and O–H groups in total. The maximum atomic E-state index is 12.9. The van der Waals surface area contributed by atoms with E-state index in [1.807, 2.05) is 33.2 Å². The molecule has 0 saturated heterocycles. The Labute approximate surface area is 119 Å². The molecule has 0 spiro atoms. The zero-order valence-electron chi connectivity index (χ0n) is 12.2. The summed E-state index contributed by atoms with van der Waals surface area (Å²) in [5.41, 5.74) is 2.28. The van der Waals surface area contributed by atoms with Crippen LogP contribution in [0.5, 0.6) is 0 Å². The van der Waals surface area contributed by atoms with E-state index in [1.54, 1.807) is 0 Å². The minimum atomic E-state index is -0.199. The van der Waals surface area contributed by atoms with Gasteiger partial charge in [-0.3, -0.25) is 4.90 Å². The molecule has 1 aromatic carbocycles. The molecular formula is C16H21FN2O. The van der Waals surface area contributed by atoms with Crippen LogP contribution < -0.4 is 5.32 Å². The van der Waals surface area contributed by atoms with Crippen LogP contribution in [0.3, 0.4) is 0 Å². The number of benzene rings is 1. The number of furan rings is 1. The first-order valence-corrected chi connectivity index (χ1v) is 6.74. The first kappa shape index (κ1) is 14.8. The highest BCUT2D eigenvalue weighted by Crippen LogP contribution is 2.16. The Morgan fingerprint density at radius 3 is 2.55 bits per heavy atom. The molecule has 3 nitrogen and oxygen atoms in total. The van der Waals surface area contributed by atoms with Gasteiger partial charge in [0.15, 0.2) is 0 Å². The summed E-state index contributed by atoms with van der Waals surface area (Å²) in [6, 6.07) is 8.70. The van der Waals surface area contributed by atoms with Crippen molar-refractivity contribution in [3.8, 4) is 0 Å². The summed E-state index contributed by atoms with van der Waals surface area (Å²) in [6.45, 7) is 4.30. The number of hydrogen-bond acceptors (Lipinski definition) is 3. The van der Waals surface area contributed by atoms with Gasteiger partial charge in [0.05, 0.1) is 6.54 Å². The van der Waals surface area contributed by atoms with Gasteiger partial charge in [-0.05, 0) is 44.8 Å². The van der Waals surface area contributed by atoms with Gasteiger partial charge in [0.25, 0.3) is 0 Å². The lowest BCUT2D eigenvalue weighted by Crippen LogP contribution is -2.16. The van der Waals surface area contributed by atoms with Crippen LogP contribution in [0.2, 0.25) is 0 Å². The second-order valence-corrected chi connectivity index (χ2v) is 5.12. The van der Waals surface area contributed by atoms with E-state index < -0.39 is 0 Å². The molecule has 0 aliphatic rings. The third kappa shape index (κ3) is 3.92. The van der Waals surface area contributed by atoms with Crippen molar-refractivity contribution < 1.29 is 8.81 Å². The van der Waals surface area contributed by atoms with Crippen molar-refractivity contribution in [3.05, 3.63) is 58.8 Å². The SMILES string of the molecule is CNCc1cc(CN(C)Cc2ccc(F)cc2)oc1C. The van der Waals surface area contributed by atoms with Gasteiger partial charge in [0.2, 0.25) is 0 Å². The fraction of sp³-hybridized carbons (Fsp3) is 0.375. The molecular weight excluding hydrogens is 255 g/mol. The Bertz CT molecular complexity index is 548. The van der Waals surface area contributed by atoms with E-state index in [9.17, 15) is 4.39 Å². The molecule has 20 heavy (non-hydrogen) atoms. The van der Waals surface area contributed by atoms with E-state index in [0.29, 0.717) is 0 Å². The number of rotatable bonds is 6. The topological polar surface area (TPSA) is 28.4 Å². The molecule has 1 aromatic heterocycles. The standard InChI is InChI=1S/C16H21FN2O/c1-12-14(9-18-2)8-16(20-12)11-19(3)10-13-4-6-15(17)7-5-13/h4-8,18H,9-11H2,1-3H3. The van der Waals surface area contributed by atoms with Gasteiger partial charge in [0.1, 0.15) is 17.3 Å². The summed E-state index contributed by atoms with van der Waals surface area (Å²) in [4.78, 5) is 2.15. The molecule has 0 unspecified atom stereocenters. The minimum Gasteiger partial charge on any atom is -0.465 e. The Kier molecular flexibility index (Phi) is 4.93.